The van der Waals surface area contributed by atoms with Gasteiger partial charge in [-0.2, -0.15) is 0 Å². The molecule has 0 fully saturated rings. The minimum Gasteiger partial charge on any atom is -0.302 e. The molecule has 3 rings (SSSR count). The van der Waals surface area contributed by atoms with Crippen molar-refractivity contribution in [1.82, 2.24) is 4.98 Å². The van der Waals surface area contributed by atoms with Gasteiger partial charge in [-0.05, 0) is 40.2 Å². The van der Waals surface area contributed by atoms with E-state index in [1.54, 1.807) is 0 Å². The van der Waals surface area contributed by atoms with E-state index in [4.69, 9.17) is 0 Å². The molecule has 112 valence electrons. The molecule has 4 nitrogen and oxygen atoms in total. The standard InChI is InChI=1S/C14H8BrF2N3OS/c15-7-3-1-6-10-11(7)19-14(22-10)20-13(21)18-12-8(16)4-2-5-9(12)17/h1-6H,(H2,18,19,20,21). The van der Waals surface area contributed by atoms with E-state index in [1.165, 1.54) is 17.4 Å². The lowest BCUT2D eigenvalue weighted by Gasteiger charge is -2.07. The Labute approximate surface area is 136 Å². The van der Waals surface area contributed by atoms with Gasteiger partial charge < -0.3 is 5.32 Å². The quantitative estimate of drug-likeness (QED) is 0.655. The fourth-order valence-electron chi connectivity index (χ4n) is 1.83. The van der Waals surface area contributed by atoms with Gasteiger partial charge in [-0.25, -0.2) is 18.6 Å². The van der Waals surface area contributed by atoms with Crippen molar-refractivity contribution >= 4 is 54.3 Å². The Morgan fingerprint density at radius 2 is 1.77 bits per heavy atom. The first-order chi connectivity index (χ1) is 10.5. The lowest BCUT2D eigenvalue weighted by atomic mass is 10.3. The number of hydrogen-bond acceptors (Lipinski definition) is 3. The summed E-state index contributed by atoms with van der Waals surface area (Å²) in [5.41, 5.74) is 0.210. The third-order valence-corrected chi connectivity index (χ3v) is 4.37. The highest BCUT2D eigenvalue weighted by molar-refractivity contribution is 9.10. The predicted octanol–water partition coefficient (Wildman–Crippen LogP) is 4.98. The number of fused-ring (bicyclic) bond motifs is 1. The maximum atomic E-state index is 13.5. The summed E-state index contributed by atoms with van der Waals surface area (Å²) in [6, 6.07) is 8.13. The van der Waals surface area contributed by atoms with Crippen molar-refractivity contribution < 1.29 is 13.6 Å². The van der Waals surface area contributed by atoms with Gasteiger partial charge >= 0.3 is 6.03 Å². The summed E-state index contributed by atoms with van der Waals surface area (Å²) < 4.78 is 28.6. The molecule has 0 aliphatic carbocycles. The smallest absolute Gasteiger partial charge is 0.302 e. The van der Waals surface area contributed by atoms with Gasteiger partial charge in [0, 0.05) is 4.47 Å². The van der Waals surface area contributed by atoms with Crippen molar-refractivity contribution in [2.75, 3.05) is 10.6 Å². The summed E-state index contributed by atoms with van der Waals surface area (Å²) in [4.78, 5) is 16.1. The van der Waals surface area contributed by atoms with Crippen molar-refractivity contribution in [1.29, 1.82) is 0 Å². The van der Waals surface area contributed by atoms with E-state index < -0.39 is 23.4 Å². The van der Waals surface area contributed by atoms with E-state index in [1.807, 2.05) is 18.2 Å². The Kier molecular flexibility index (Phi) is 4.04. The summed E-state index contributed by atoms with van der Waals surface area (Å²) in [5.74, 6) is -1.69. The van der Waals surface area contributed by atoms with Crippen LogP contribution >= 0.6 is 27.3 Å². The Bertz CT molecular complexity index is 848. The second-order valence-electron chi connectivity index (χ2n) is 4.28. The highest BCUT2D eigenvalue weighted by Crippen LogP contribution is 2.31. The van der Waals surface area contributed by atoms with Gasteiger partial charge in [-0.15, -0.1) is 0 Å². The molecule has 0 saturated heterocycles. The summed E-state index contributed by atoms with van der Waals surface area (Å²) in [7, 11) is 0. The normalized spacial score (nSPS) is 10.7. The fraction of sp³-hybridized carbons (Fsp3) is 0. The fourth-order valence-corrected chi connectivity index (χ4v) is 3.30. The summed E-state index contributed by atoms with van der Waals surface area (Å²) in [5, 5.41) is 4.94. The summed E-state index contributed by atoms with van der Waals surface area (Å²) in [6.07, 6.45) is 0. The minimum atomic E-state index is -0.845. The van der Waals surface area contributed by atoms with Crippen molar-refractivity contribution in [3.63, 3.8) is 0 Å². The van der Waals surface area contributed by atoms with Crippen LogP contribution in [0.15, 0.2) is 40.9 Å². The maximum Gasteiger partial charge on any atom is 0.325 e. The number of anilines is 2. The van der Waals surface area contributed by atoms with Crippen molar-refractivity contribution in [2.45, 2.75) is 0 Å². The molecule has 3 aromatic rings. The second kappa shape index (κ2) is 5.98. The molecule has 0 aliphatic rings. The molecule has 0 spiro atoms. The van der Waals surface area contributed by atoms with Crippen LogP contribution in [0.3, 0.4) is 0 Å². The first-order valence-corrected chi connectivity index (χ1v) is 7.72. The average molecular weight is 384 g/mol. The van der Waals surface area contributed by atoms with Crippen LogP contribution in [0.5, 0.6) is 0 Å². The monoisotopic (exact) mass is 383 g/mol. The number of nitrogens with one attached hydrogen (secondary N) is 2. The number of rotatable bonds is 2. The molecule has 22 heavy (non-hydrogen) atoms. The number of thiazole rings is 1. The number of nitrogens with zero attached hydrogens (tertiary/aromatic N) is 1. The number of para-hydroxylation sites is 2. The van der Waals surface area contributed by atoms with Gasteiger partial charge in [-0.1, -0.05) is 23.5 Å². The molecule has 1 heterocycles. The van der Waals surface area contributed by atoms with Crippen LogP contribution in [0.25, 0.3) is 10.2 Å². The second-order valence-corrected chi connectivity index (χ2v) is 6.17. The van der Waals surface area contributed by atoms with Crippen LogP contribution in [-0.2, 0) is 0 Å². The van der Waals surface area contributed by atoms with Gasteiger partial charge in [0.2, 0.25) is 0 Å². The number of hydrogen-bond donors (Lipinski definition) is 2. The first kappa shape index (κ1) is 14.9. The Balaban J connectivity index is 1.80. The summed E-state index contributed by atoms with van der Waals surface area (Å²) >= 11 is 4.62. The number of benzene rings is 2. The lowest BCUT2D eigenvalue weighted by Crippen LogP contribution is -2.20. The number of carbonyl (C=O) groups is 1. The van der Waals surface area contributed by atoms with Crippen molar-refractivity contribution in [2.24, 2.45) is 0 Å². The predicted molar refractivity (Wildman–Crippen MR) is 86.3 cm³/mol. The molecule has 2 aromatic carbocycles. The average Bonchev–Trinajstić information content (AvgIpc) is 2.87. The van der Waals surface area contributed by atoms with E-state index in [0.717, 1.165) is 21.3 Å². The maximum absolute atomic E-state index is 13.5. The van der Waals surface area contributed by atoms with E-state index >= 15 is 0 Å². The number of carbonyl (C=O) groups excluding carboxylic acids is 1. The Morgan fingerprint density at radius 1 is 1.09 bits per heavy atom. The number of urea groups is 1. The largest absolute Gasteiger partial charge is 0.325 e. The van der Waals surface area contributed by atoms with Crippen molar-refractivity contribution in [3.05, 3.63) is 52.5 Å². The van der Waals surface area contributed by atoms with E-state index in [-0.39, 0.29) is 0 Å². The highest BCUT2D eigenvalue weighted by atomic mass is 79.9. The van der Waals surface area contributed by atoms with Gasteiger partial charge in [-0.3, -0.25) is 5.32 Å². The molecule has 0 radical (unpaired) electrons. The van der Waals surface area contributed by atoms with E-state index in [2.05, 4.69) is 31.5 Å². The van der Waals surface area contributed by atoms with Gasteiger partial charge in [0.1, 0.15) is 17.3 Å². The van der Waals surface area contributed by atoms with Crippen molar-refractivity contribution in [3.8, 4) is 0 Å². The number of amides is 2. The lowest BCUT2D eigenvalue weighted by molar-refractivity contribution is 0.262. The molecule has 2 N–H and O–H groups in total. The molecule has 0 atom stereocenters. The molecule has 8 heteroatoms. The minimum absolute atomic E-state index is 0.330. The number of halogens is 3. The molecule has 0 bridgehead atoms. The van der Waals surface area contributed by atoms with Gasteiger partial charge in [0.05, 0.1) is 10.2 Å². The van der Waals surface area contributed by atoms with Crippen LogP contribution in [0.4, 0.5) is 24.4 Å². The number of aromatic nitrogens is 1. The zero-order valence-corrected chi connectivity index (χ0v) is 13.3. The van der Waals surface area contributed by atoms with E-state index in [0.29, 0.717) is 10.6 Å². The van der Waals surface area contributed by atoms with Crippen LogP contribution in [0.2, 0.25) is 0 Å². The van der Waals surface area contributed by atoms with E-state index in [9.17, 15) is 13.6 Å². The van der Waals surface area contributed by atoms with Crippen LogP contribution in [0.1, 0.15) is 0 Å². The highest BCUT2D eigenvalue weighted by Gasteiger charge is 2.14. The Hall–Kier alpha value is -2.06. The molecule has 2 amide bonds. The molecular formula is C14H8BrF2N3OS. The SMILES string of the molecule is O=C(Nc1nc2c(Br)cccc2s1)Nc1c(F)cccc1F. The Morgan fingerprint density at radius 3 is 2.45 bits per heavy atom. The first-order valence-electron chi connectivity index (χ1n) is 6.11. The molecule has 0 aliphatic heterocycles. The molecule has 1 aromatic heterocycles. The van der Waals surface area contributed by atoms with Crippen LogP contribution in [0, 0.1) is 11.6 Å². The zero-order chi connectivity index (χ0) is 15.7. The molecule has 0 unspecified atom stereocenters. The van der Waals surface area contributed by atoms with Gasteiger partial charge in [0.25, 0.3) is 0 Å². The third kappa shape index (κ3) is 2.93. The molecule has 0 saturated carbocycles. The van der Waals surface area contributed by atoms with Gasteiger partial charge in [0.15, 0.2) is 5.13 Å². The van der Waals surface area contributed by atoms with Crippen LogP contribution < -0.4 is 10.6 Å². The topological polar surface area (TPSA) is 54.0 Å². The van der Waals surface area contributed by atoms with Crippen LogP contribution in [-0.4, -0.2) is 11.0 Å². The third-order valence-electron chi connectivity index (χ3n) is 2.79. The summed E-state index contributed by atoms with van der Waals surface area (Å²) in [6.45, 7) is 0. The molecular weight excluding hydrogens is 376 g/mol. The zero-order valence-electron chi connectivity index (χ0n) is 10.9.